The van der Waals surface area contributed by atoms with Gasteiger partial charge in [-0.1, -0.05) is 62.2 Å². The molecular weight excluding hydrogens is 419 g/mol. The monoisotopic (exact) mass is 453 g/mol. The molecular formula is C24H34F3N3O2. The predicted octanol–water partition coefficient (Wildman–Crippen LogP) is 3.98. The third-order valence-electron chi connectivity index (χ3n) is 5.97. The topological polar surface area (TPSA) is 75.4 Å². The van der Waals surface area contributed by atoms with Gasteiger partial charge in [-0.05, 0) is 44.1 Å². The number of nitrogens with one attached hydrogen (secondary N) is 1. The smallest absolute Gasteiger partial charge is 0.349 e. The summed E-state index contributed by atoms with van der Waals surface area (Å²) in [5.74, 6) is -2.13. The maximum atomic E-state index is 13.3. The zero-order chi connectivity index (χ0) is 23.7. The average molecular weight is 454 g/mol. The third-order valence-corrected chi connectivity index (χ3v) is 5.97. The summed E-state index contributed by atoms with van der Waals surface area (Å²) in [4.78, 5) is 25.2. The van der Waals surface area contributed by atoms with Gasteiger partial charge in [-0.3, -0.25) is 9.59 Å². The van der Waals surface area contributed by atoms with Crippen molar-refractivity contribution in [3.63, 3.8) is 0 Å². The molecule has 0 aromatic heterocycles. The van der Waals surface area contributed by atoms with Crippen LogP contribution in [0.2, 0.25) is 0 Å². The Labute approximate surface area is 188 Å². The standard InChI is InChI=1S/C24H34F3N3O2/c1-17-9-6-7-13-21(17)30(23(32)24(25,26)27)16-8-12-20(29-22(31)18(2)28)15-14-19-10-4-3-5-11-19/h3-5,8,10-12,17-18,20-21H,6-7,9,13-16,28H2,1-2H3,(H,29,31)/b12-8+/t17?,18-,20+,21?/m0/s1. The van der Waals surface area contributed by atoms with Crippen LogP contribution in [0.5, 0.6) is 0 Å². The molecule has 4 atom stereocenters. The molecule has 1 saturated carbocycles. The van der Waals surface area contributed by atoms with Gasteiger partial charge in [0.05, 0.1) is 6.04 Å². The lowest BCUT2D eigenvalue weighted by molar-refractivity contribution is -0.188. The Kier molecular flexibility index (Phi) is 9.75. The number of carbonyl (C=O) groups excluding carboxylic acids is 2. The van der Waals surface area contributed by atoms with Gasteiger partial charge in [-0.2, -0.15) is 13.2 Å². The van der Waals surface area contributed by atoms with Crippen LogP contribution in [0.1, 0.15) is 51.5 Å². The molecule has 0 saturated heterocycles. The number of alkyl halides is 3. The highest BCUT2D eigenvalue weighted by atomic mass is 19.4. The molecule has 1 aliphatic carbocycles. The molecule has 0 spiro atoms. The van der Waals surface area contributed by atoms with Crippen LogP contribution in [0.15, 0.2) is 42.5 Å². The lowest BCUT2D eigenvalue weighted by Crippen LogP contribution is -2.50. The van der Waals surface area contributed by atoms with Crippen LogP contribution in [0.3, 0.4) is 0 Å². The van der Waals surface area contributed by atoms with E-state index in [2.05, 4.69) is 5.32 Å². The fourth-order valence-electron chi connectivity index (χ4n) is 4.13. The van der Waals surface area contributed by atoms with Crippen molar-refractivity contribution in [3.8, 4) is 0 Å². The second kappa shape index (κ2) is 12.0. The van der Waals surface area contributed by atoms with Gasteiger partial charge in [0, 0.05) is 18.6 Å². The Morgan fingerprint density at radius 3 is 2.47 bits per heavy atom. The lowest BCUT2D eigenvalue weighted by atomic mass is 9.84. The normalized spacial score (nSPS) is 21.2. The quantitative estimate of drug-likeness (QED) is 0.556. The molecule has 0 bridgehead atoms. The molecule has 0 heterocycles. The Bertz CT molecular complexity index is 766. The highest BCUT2D eigenvalue weighted by Gasteiger charge is 2.45. The van der Waals surface area contributed by atoms with Crippen LogP contribution in [-0.4, -0.2) is 47.6 Å². The van der Waals surface area contributed by atoms with E-state index in [1.54, 1.807) is 19.1 Å². The van der Waals surface area contributed by atoms with Gasteiger partial charge < -0.3 is 16.0 Å². The number of amides is 2. The molecule has 1 aromatic carbocycles. The Morgan fingerprint density at radius 1 is 1.22 bits per heavy atom. The summed E-state index contributed by atoms with van der Waals surface area (Å²) in [6, 6.07) is 8.17. The zero-order valence-corrected chi connectivity index (χ0v) is 18.8. The van der Waals surface area contributed by atoms with Crippen molar-refractivity contribution in [1.82, 2.24) is 10.2 Å². The second-order valence-electron chi connectivity index (χ2n) is 8.64. The van der Waals surface area contributed by atoms with Crippen molar-refractivity contribution in [2.75, 3.05) is 6.54 Å². The van der Waals surface area contributed by atoms with Crippen molar-refractivity contribution in [3.05, 3.63) is 48.0 Å². The Hall–Kier alpha value is -2.35. The number of rotatable bonds is 9. The molecule has 2 amide bonds. The van der Waals surface area contributed by atoms with Crippen LogP contribution in [0.25, 0.3) is 0 Å². The third kappa shape index (κ3) is 7.97. The highest BCUT2D eigenvalue weighted by molar-refractivity contribution is 5.82. The van der Waals surface area contributed by atoms with Crippen molar-refractivity contribution < 1.29 is 22.8 Å². The first-order valence-corrected chi connectivity index (χ1v) is 11.2. The van der Waals surface area contributed by atoms with Crippen molar-refractivity contribution >= 4 is 11.8 Å². The van der Waals surface area contributed by atoms with E-state index in [1.165, 1.54) is 0 Å². The van der Waals surface area contributed by atoms with Crippen molar-refractivity contribution in [2.24, 2.45) is 11.7 Å². The first kappa shape index (κ1) is 25.9. The minimum atomic E-state index is -4.92. The highest BCUT2D eigenvalue weighted by Crippen LogP contribution is 2.31. The molecule has 2 unspecified atom stereocenters. The first-order valence-electron chi connectivity index (χ1n) is 11.2. The molecule has 3 N–H and O–H groups in total. The van der Waals surface area contributed by atoms with Crippen molar-refractivity contribution in [2.45, 2.75) is 76.7 Å². The minimum Gasteiger partial charge on any atom is -0.349 e. The van der Waals surface area contributed by atoms with E-state index in [-0.39, 0.29) is 18.4 Å². The summed E-state index contributed by atoms with van der Waals surface area (Å²) in [5, 5.41) is 2.83. The van der Waals surface area contributed by atoms with Gasteiger partial charge in [0.25, 0.3) is 0 Å². The van der Waals surface area contributed by atoms with Crippen LogP contribution in [0.4, 0.5) is 13.2 Å². The summed E-state index contributed by atoms with van der Waals surface area (Å²) in [6.07, 6.45) is 2.70. The molecule has 1 aromatic rings. The molecule has 5 nitrogen and oxygen atoms in total. The minimum absolute atomic E-state index is 0.00937. The SMILES string of the molecule is CC1CCCCC1N(C/C=C/[C@H](CCc1ccccc1)NC(=O)[C@H](C)N)C(=O)C(F)(F)F. The second-order valence-corrected chi connectivity index (χ2v) is 8.64. The number of aryl methyl sites for hydroxylation is 1. The van der Waals surface area contributed by atoms with E-state index < -0.39 is 30.2 Å². The van der Waals surface area contributed by atoms with Crippen LogP contribution >= 0.6 is 0 Å². The van der Waals surface area contributed by atoms with Gasteiger partial charge in [-0.25, -0.2) is 0 Å². The number of halogens is 3. The van der Waals surface area contributed by atoms with Gasteiger partial charge in [0.1, 0.15) is 0 Å². The zero-order valence-electron chi connectivity index (χ0n) is 18.8. The summed E-state index contributed by atoms with van der Waals surface area (Å²) >= 11 is 0. The molecule has 32 heavy (non-hydrogen) atoms. The lowest BCUT2D eigenvalue weighted by Gasteiger charge is -2.38. The van der Waals surface area contributed by atoms with E-state index in [0.29, 0.717) is 19.3 Å². The Morgan fingerprint density at radius 2 is 1.88 bits per heavy atom. The molecule has 0 radical (unpaired) electrons. The van der Waals surface area contributed by atoms with Crippen LogP contribution in [-0.2, 0) is 16.0 Å². The molecule has 0 aliphatic heterocycles. The fourth-order valence-corrected chi connectivity index (χ4v) is 4.13. The molecule has 2 rings (SSSR count). The van der Waals surface area contributed by atoms with E-state index in [4.69, 9.17) is 5.73 Å². The van der Waals surface area contributed by atoms with E-state index in [9.17, 15) is 22.8 Å². The molecule has 178 valence electrons. The molecule has 8 heteroatoms. The predicted molar refractivity (Wildman–Crippen MR) is 119 cm³/mol. The number of nitrogens with zero attached hydrogens (tertiary/aromatic N) is 1. The van der Waals surface area contributed by atoms with Crippen molar-refractivity contribution in [1.29, 1.82) is 0 Å². The molecule has 1 fully saturated rings. The summed E-state index contributed by atoms with van der Waals surface area (Å²) < 4.78 is 39.8. The summed E-state index contributed by atoms with van der Waals surface area (Å²) in [6.45, 7) is 3.32. The number of carbonyl (C=O) groups is 2. The van der Waals surface area contributed by atoms with Crippen LogP contribution < -0.4 is 11.1 Å². The number of hydrogen-bond acceptors (Lipinski definition) is 3. The number of hydrogen-bond donors (Lipinski definition) is 2. The average Bonchev–Trinajstić information content (AvgIpc) is 2.75. The van der Waals surface area contributed by atoms with E-state index in [0.717, 1.165) is 29.7 Å². The largest absolute Gasteiger partial charge is 0.471 e. The Balaban J connectivity index is 2.12. The van der Waals surface area contributed by atoms with Gasteiger partial charge in [0.2, 0.25) is 5.91 Å². The maximum Gasteiger partial charge on any atom is 0.471 e. The fraction of sp³-hybridized carbons (Fsp3) is 0.583. The van der Waals surface area contributed by atoms with Gasteiger partial charge in [0.15, 0.2) is 0 Å². The summed E-state index contributed by atoms with van der Waals surface area (Å²) in [7, 11) is 0. The van der Waals surface area contributed by atoms with Gasteiger partial charge >= 0.3 is 12.1 Å². The van der Waals surface area contributed by atoms with Crippen LogP contribution in [0, 0.1) is 5.92 Å². The molecule has 1 aliphatic rings. The maximum absolute atomic E-state index is 13.3. The number of benzene rings is 1. The van der Waals surface area contributed by atoms with E-state index in [1.807, 2.05) is 37.3 Å². The summed E-state index contributed by atoms with van der Waals surface area (Å²) in [5.41, 5.74) is 6.74. The van der Waals surface area contributed by atoms with Gasteiger partial charge in [-0.15, -0.1) is 0 Å². The van der Waals surface area contributed by atoms with E-state index >= 15 is 0 Å². The number of nitrogens with two attached hydrogens (primary N) is 1. The first-order chi connectivity index (χ1) is 15.1.